The van der Waals surface area contributed by atoms with E-state index in [-0.39, 0.29) is 0 Å². The Morgan fingerprint density at radius 2 is 2.04 bits per heavy atom. The Balaban J connectivity index is 1.88. The molecule has 0 unspecified atom stereocenters. The number of nitrogens with two attached hydrogens (primary N) is 1. The molecule has 0 aliphatic rings. The van der Waals surface area contributed by atoms with Crippen LogP contribution in [0.25, 0.3) is 0 Å². The fraction of sp³-hybridized carbons (Fsp3) is 0.300. The van der Waals surface area contributed by atoms with E-state index in [0.717, 1.165) is 37.3 Å². The van der Waals surface area contributed by atoms with Crippen molar-refractivity contribution in [3.05, 3.63) is 60.4 Å². The first kappa shape index (κ1) is 18.3. The normalized spacial score (nSPS) is 10.1. The van der Waals surface area contributed by atoms with Gasteiger partial charge >= 0.3 is 0 Å². The smallest absolute Gasteiger partial charge is 0.219 e. The maximum Gasteiger partial charge on any atom is 0.219 e. The highest BCUT2D eigenvalue weighted by Crippen LogP contribution is 2.21. The number of rotatable bonds is 9. The molecule has 2 aromatic rings. The molecule has 25 heavy (non-hydrogen) atoms. The Morgan fingerprint density at radius 1 is 1.28 bits per heavy atom. The summed E-state index contributed by atoms with van der Waals surface area (Å²) < 4.78 is 5.69. The fourth-order valence-corrected chi connectivity index (χ4v) is 2.45. The number of pyridine rings is 1. The minimum atomic E-state index is 0.397. The predicted octanol–water partition coefficient (Wildman–Crippen LogP) is 4.14. The van der Waals surface area contributed by atoms with Crippen LogP contribution in [0.4, 0.5) is 5.69 Å². The SMILES string of the molecule is C=C(CCc1ccc(Oc2ccc(N)cn2)cc1)N(CC#N)CCC. The summed E-state index contributed by atoms with van der Waals surface area (Å²) in [4.78, 5) is 6.17. The van der Waals surface area contributed by atoms with E-state index in [0.29, 0.717) is 18.1 Å². The molecule has 0 fully saturated rings. The second-order valence-electron chi connectivity index (χ2n) is 5.82. The summed E-state index contributed by atoms with van der Waals surface area (Å²) in [7, 11) is 0. The quantitative estimate of drug-likeness (QED) is 0.697. The van der Waals surface area contributed by atoms with Gasteiger partial charge in [0.1, 0.15) is 12.3 Å². The lowest BCUT2D eigenvalue weighted by atomic mass is 10.1. The summed E-state index contributed by atoms with van der Waals surface area (Å²) in [5, 5.41) is 8.91. The Hall–Kier alpha value is -3.00. The third kappa shape index (κ3) is 5.85. The van der Waals surface area contributed by atoms with Gasteiger partial charge in [-0.3, -0.25) is 0 Å². The van der Waals surface area contributed by atoms with Gasteiger partial charge in [0.15, 0.2) is 0 Å². The molecular weight excluding hydrogens is 312 g/mol. The number of ether oxygens (including phenoxy) is 1. The van der Waals surface area contributed by atoms with E-state index >= 15 is 0 Å². The molecular formula is C20H24N4O. The van der Waals surface area contributed by atoms with Crippen molar-refractivity contribution in [1.82, 2.24) is 9.88 Å². The van der Waals surface area contributed by atoms with Gasteiger partial charge in [-0.15, -0.1) is 0 Å². The highest BCUT2D eigenvalue weighted by Gasteiger charge is 2.07. The molecule has 130 valence electrons. The Bertz CT molecular complexity index is 717. The van der Waals surface area contributed by atoms with Gasteiger partial charge in [0.05, 0.1) is 18.0 Å². The van der Waals surface area contributed by atoms with Crippen LogP contribution in [0.1, 0.15) is 25.3 Å². The van der Waals surface area contributed by atoms with Crippen molar-refractivity contribution in [3.8, 4) is 17.7 Å². The van der Waals surface area contributed by atoms with E-state index in [1.807, 2.05) is 29.2 Å². The van der Waals surface area contributed by atoms with Crippen molar-refractivity contribution in [1.29, 1.82) is 5.26 Å². The number of hydrogen-bond acceptors (Lipinski definition) is 5. The number of aryl methyl sites for hydroxylation is 1. The zero-order valence-electron chi connectivity index (χ0n) is 14.6. The second-order valence-corrected chi connectivity index (χ2v) is 5.82. The predicted molar refractivity (Wildman–Crippen MR) is 100 cm³/mol. The Labute approximate surface area is 149 Å². The third-order valence-electron chi connectivity index (χ3n) is 3.81. The first-order valence-electron chi connectivity index (χ1n) is 8.40. The van der Waals surface area contributed by atoms with Gasteiger partial charge in [-0.05, 0) is 43.0 Å². The van der Waals surface area contributed by atoms with Crippen LogP contribution in [0.3, 0.4) is 0 Å². The standard InChI is InChI=1S/C20H24N4O/c1-3-13-24(14-12-21)16(2)4-5-17-6-9-19(10-7-17)25-20-11-8-18(22)15-23-20/h6-11,15H,2-5,13-14,22H2,1H3. The number of anilines is 1. The van der Waals surface area contributed by atoms with Crippen molar-refractivity contribution >= 4 is 5.69 Å². The lowest BCUT2D eigenvalue weighted by Crippen LogP contribution is -2.24. The van der Waals surface area contributed by atoms with E-state index in [9.17, 15) is 0 Å². The highest BCUT2D eigenvalue weighted by atomic mass is 16.5. The fourth-order valence-electron chi connectivity index (χ4n) is 2.45. The number of nitriles is 1. The molecule has 5 heteroatoms. The number of allylic oxidation sites excluding steroid dienone is 1. The van der Waals surface area contributed by atoms with Gasteiger partial charge < -0.3 is 15.4 Å². The van der Waals surface area contributed by atoms with Gasteiger partial charge in [-0.2, -0.15) is 5.26 Å². The number of benzene rings is 1. The van der Waals surface area contributed by atoms with Crippen molar-refractivity contribution in [2.45, 2.75) is 26.2 Å². The molecule has 0 radical (unpaired) electrons. The third-order valence-corrected chi connectivity index (χ3v) is 3.81. The molecule has 0 aliphatic carbocycles. The van der Waals surface area contributed by atoms with Crippen LogP contribution in [0, 0.1) is 11.3 Å². The molecule has 0 atom stereocenters. The van der Waals surface area contributed by atoms with Crippen molar-refractivity contribution < 1.29 is 4.74 Å². The molecule has 1 aromatic carbocycles. The van der Waals surface area contributed by atoms with E-state index in [1.165, 1.54) is 5.56 Å². The number of hydrogen-bond donors (Lipinski definition) is 1. The molecule has 0 bridgehead atoms. The molecule has 0 saturated carbocycles. The largest absolute Gasteiger partial charge is 0.439 e. The highest BCUT2D eigenvalue weighted by molar-refractivity contribution is 5.37. The average Bonchev–Trinajstić information content (AvgIpc) is 2.62. The molecule has 0 amide bonds. The molecule has 1 heterocycles. The minimum Gasteiger partial charge on any atom is -0.439 e. The van der Waals surface area contributed by atoms with Gasteiger partial charge in [0.25, 0.3) is 0 Å². The van der Waals surface area contributed by atoms with Crippen LogP contribution in [0.5, 0.6) is 11.6 Å². The average molecular weight is 336 g/mol. The zero-order valence-corrected chi connectivity index (χ0v) is 14.6. The summed E-state index contributed by atoms with van der Waals surface area (Å²) in [5.74, 6) is 1.25. The topological polar surface area (TPSA) is 75.2 Å². The number of nitrogens with zero attached hydrogens (tertiary/aromatic N) is 3. The molecule has 1 aromatic heterocycles. The van der Waals surface area contributed by atoms with Crippen molar-refractivity contribution in [3.63, 3.8) is 0 Å². The molecule has 2 rings (SSSR count). The van der Waals surface area contributed by atoms with Crippen LogP contribution >= 0.6 is 0 Å². The van der Waals surface area contributed by atoms with E-state index < -0.39 is 0 Å². The molecule has 2 N–H and O–H groups in total. The number of aromatic nitrogens is 1. The summed E-state index contributed by atoms with van der Waals surface area (Å²) in [6.07, 6.45) is 4.29. The van der Waals surface area contributed by atoms with Crippen LogP contribution < -0.4 is 10.5 Å². The monoisotopic (exact) mass is 336 g/mol. The van der Waals surface area contributed by atoms with Gasteiger partial charge in [0, 0.05) is 18.3 Å². The summed E-state index contributed by atoms with van der Waals surface area (Å²) in [5.41, 5.74) is 8.43. The first-order chi connectivity index (χ1) is 12.1. The van der Waals surface area contributed by atoms with Gasteiger partial charge in [-0.25, -0.2) is 4.98 Å². The van der Waals surface area contributed by atoms with Crippen LogP contribution in [-0.2, 0) is 6.42 Å². The maximum absolute atomic E-state index is 8.91. The zero-order chi connectivity index (χ0) is 18.1. The van der Waals surface area contributed by atoms with Gasteiger partial charge in [-0.1, -0.05) is 25.6 Å². The van der Waals surface area contributed by atoms with Crippen LogP contribution in [0.15, 0.2) is 54.9 Å². The lowest BCUT2D eigenvalue weighted by Gasteiger charge is -2.23. The molecule has 5 nitrogen and oxygen atoms in total. The first-order valence-corrected chi connectivity index (χ1v) is 8.40. The molecule has 0 aliphatic heterocycles. The van der Waals surface area contributed by atoms with Crippen LogP contribution in [-0.4, -0.2) is 23.0 Å². The van der Waals surface area contributed by atoms with E-state index in [1.54, 1.807) is 18.3 Å². The summed E-state index contributed by atoms with van der Waals surface area (Å²) >= 11 is 0. The summed E-state index contributed by atoms with van der Waals surface area (Å²) in [6, 6.07) is 13.6. The van der Waals surface area contributed by atoms with Crippen molar-refractivity contribution in [2.75, 3.05) is 18.8 Å². The lowest BCUT2D eigenvalue weighted by molar-refractivity contribution is 0.371. The molecule has 0 spiro atoms. The van der Waals surface area contributed by atoms with E-state index in [4.69, 9.17) is 15.7 Å². The maximum atomic E-state index is 8.91. The second kappa shape index (κ2) is 9.33. The minimum absolute atomic E-state index is 0.397. The Kier molecular flexibility index (Phi) is 6.85. The van der Waals surface area contributed by atoms with Crippen molar-refractivity contribution in [2.24, 2.45) is 0 Å². The Morgan fingerprint density at radius 3 is 2.64 bits per heavy atom. The number of nitrogen functional groups attached to an aromatic ring is 1. The van der Waals surface area contributed by atoms with E-state index in [2.05, 4.69) is 24.6 Å². The summed E-state index contributed by atoms with van der Waals surface area (Å²) in [6.45, 7) is 7.49. The van der Waals surface area contributed by atoms with Crippen LogP contribution in [0.2, 0.25) is 0 Å². The molecule has 0 saturated heterocycles. The van der Waals surface area contributed by atoms with Gasteiger partial charge in [0.2, 0.25) is 5.88 Å².